The summed E-state index contributed by atoms with van der Waals surface area (Å²) in [5.41, 5.74) is 2.51. The van der Waals surface area contributed by atoms with Gasteiger partial charge in [0.05, 0.1) is 18.7 Å². The van der Waals surface area contributed by atoms with Crippen LogP contribution in [0.15, 0.2) is 42.7 Å². The van der Waals surface area contributed by atoms with Crippen LogP contribution in [-0.4, -0.2) is 45.5 Å². The summed E-state index contributed by atoms with van der Waals surface area (Å²) in [6.45, 7) is 3.49. The molecule has 24 heavy (non-hydrogen) atoms. The number of ether oxygens (including phenoxy) is 1. The normalized spacial score (nSPS) is 18.0. The number of fused-ring (bicyclic) bond motifs is 1. The number of hydrogen-bond acceptors (Lipinski definition) is 4. The van der Waals surface area contributed by atoms with Gasteiger partial charge in [-0.2, -0.15) is 0 Å². The van der Waals surface area contributed by atoms with Crippen LogP contribution in [0.5, 0.6) is 0 Å². The average molecular weight is 322 g/mol. The highest BCUT2D eigenvalue weighted by molar-refractivity contribution is 5.98. The Morgan fingerprint density at radius 2 is 2.25 bits per heavy atom. The molecule has 0 radical (unpaired) electrons. The number of carbonyl (C=O) groups is 1. The van der Waals surface area contributed by atoms with Gasteiger partial charge < -0.3 is 14.6 Å². The summed E-state index contributed by atoms with van der Waals surface area (Å²) in [6.07, 6.45) is 3.52. The smallest absolute Gasteiger partial charge is 0.254 e. The van der Waals surface area contributed by atoms with Gasteiger partial charge in [-0.05, 0) is 31.2 Å². The predicted molar refractivity (Wildman–Crippen MR) is 89.7 cm³/mol. The Balaban J connectivity index is 1.67. The summed E-state index contributed by atoms with van der Waals surface area (Å²) in [5.74, 6) is 0.756. The summed E-state index contributed by atoms with van der Waals surface area (Å²) < 4.78 is 5.57. The first-order valence-electron chi connectivity index (χ1n) is 7.97. The third-order valence-corrected chi connectivity index (χ3v) is 4.28. The van der Waals surface area contributed by atoms with Crippen LogP contribution in [0.4, 0.5) is 0 Å². The SMILES string of the molecule is Cc1cnc([C@@H]2COCCN2C(=O)c2ccc3ncccc3c2)[nH]1. The molecule has 6 nitrogen and oxygen atoms in total. The molecule has 1 fully saturated rings. The minimum Gasteiger partial charge on any atom is -0.377 e. The molecule has 2 aromatic heterocycles. The van der Waals surface area contributed by atoms with Crippen molar-refractivity contribution in [3.05, 3.63) is 59.8 Å². The van der Waals surface area contributed by atoms with Crippen LogP contribution in [0.1, 0.15) is 27.9 Å². The summed E-state index contributed by atoms with van der Waals surface area (Å²) in [4.78, 5) is 26.8. The van der Waals surface area contributed by atoms with E-state index in [1.165, 1.54) is 0 Å². The molecule has 1 aliphatic rings. The van der Waals surface area contributed by atoms with Gasteiger partial charge in [0.15, 0.2) is 0 Å². The maximum absolute atomic E-state index is 13.0. The molecule has 1 atom stereocenters. The number of imidazole rings is 1. The number of aromatic nitrogens is 3. The van der Waals surface area contributed by atoms with Gasteiger partial charge in [0.1, 0.15) is 11.9 Å². The maximum Gasteiger partial charge on any atom is 0.254 e. The molecule has 0 unspecified atom stereocenters. The van der Waals surface area contributed by atoms with Gasteiger partial charge in [-0.25, -0.2) is 4.98 Å². The Kier molecular flexibility index (Phi) is 3.74. The van der Waals surface area contributed by atoms with E-state index in [-0.39, 0.29) is 11.9 Å². The lowest BCUT2D eigenvalue weighted by Crippen LogP contribution is -2.43. The molecule has 1 N–H and O–H groups in total. The third kappa shape index (κ3) is 2.65. The van der Waals surface area contributed by atoms with Crippen LogP contribution in [0.3, 0.4) is 0 Å². The summed E-state index contributed by atoms with van der Waals surface area (Å²) in [6, 6.07) is 9.26. The third-order valence-electron chi connectivity index (χ3n) is 4.28. The van der Waals surface area contributed by atoms with Gasteiger partial charge in [0, 0.05) is 35.6 Å². The van der Waals surface area contributed by atoms with E-state index < -0.39 is 0 Å². The Bertz CT molecular complexity index is 889. The molecule has 1 aromatic carbocycles. The highest BCUT2D eigenvalue weighted by atomic mass is 16.5. The van der Waals surface area contributed by atoms with Gasteiger partial charge in [-0.15, -0.1) is 0 Å². The highest BCUT2D eigenvalue weighted by Gasteiger charge is 2.31. The average Bonchev–Trinajstić information content (AvgIpc) is 3.07. The number of nitrogens with one attached hydrogen (secondary N) is 1. The first kappa shape index (κ1) is 14.8. The van der Waals surface area contributed by atoms with Crippen molar-refractivity contribution in [2.45, 2.75) is 13.0 Å². The molecule has 4 rings (SSSR count). The van der Waals surface area contributed by atoms with Crippen LogP contribution >= 0.6 is 0 Å². The molecule has 0 bridgehead atoms. The van der Waals surface area contributed by atoms with E-state index in [2.05, 4.69) is 15.0 Å². The van der Waals surface area contributed by atoms with Crippen molar-refractivity contribution in [1.82, 2.24) is 19.9 Å². The standard InChI is InChI=1S/C18H18N4O2/c1-12-10-20-17(21-12)16-11-24-8-7-22(16)18(23)14-4-5-15-13(9-14)3-2-6-19-15/h2-6,9-10,16H,7-8,11H2,1H3,(H,20,21)/t16-/m0/s1. The number of amides is 1. The quantitative estimate of drug-likeness (QED) is 0.787. The topological polar surface area (TPSA) is 71.1 Å². The number of hydrogen-bond donors (Lipinski definition) is 1. The number of aromatic amines is 1. The number of morpholine rings is 1. The molecule has 6 heteroatoms. The van der Waals surface area contributed by atoms with Crippen molar-refractivity contribution in [1.29, 1.82) is 0 Å². The maximum atomic E-state index is 13.0. The number of nitrogens with zero attached hydrogens (tertiary/aromatic N) is 3. The summed E-state index contributed by atoms with van der Waals surface area (Å²) >= 11 is 0. The van der Waals surface area contributed by atoms with Gasteiger partial charge in [-0.3, -0.25) is 9.78 Å². The van der Waals surface area contributed by atoms with Crippen LogP contribution in [0, 0.1) is 6.92 Å². The minimum absolute atomic E-state index is 0.0110. The number of H-pyrrole nitrogens is 1. The van der Waals surface area contributed by atoms with E-state index in [9.17, 15) is 4.79 Å². The zero-order valence-corrected chi connectivity index (χ0v) is 13.4. The number of aryl methyl sites for hydroxylation is 1. The number of pyridine rings is 1. The molecular formula is C18H18N4O2. The predicted octanol–water partition coefficient (Wildman–Crippen LogP) is 2.48. The van der Waals surface area contributed by atoms with Crippen LogP contribution in [-0.2, 0) is 4.74 Å². The largest absolute Gasteiger partial charge is 0.377 e. The fraction of sp³-hybridized carbons (Fsp3) is 0.278. The highest BCUT2D eigenvalue weighted by Crippen LogP contribution is 2.25. The summed E-state index contributed by atoms with van der Waals surface area (Å²) in [5, 5.41) is 0.960. The second kappa shape index (κ2) is 6.05. The Morgan fingerprint density at radius 1 is 1.33 bits per heavy atom. The van der Waals surface area contributed by atoms with Crippen molar-refractivity contribution in [2.75, 3.05) is 19.8 Å². The fourth-order valence-corrected chi connectivity index (χ4v) is 3.05. The molecular weight excluding hydrogens is 304 g/mol. The van der Waals surface area contributed by atoms with E-state index in [4.69, 9.17) is 4.74 Å². The molecule has 1 aliphatic heterocycles. The second-order valence-corrected chi connectivity index (χ2v) is 5.95. The molecule has 0 saturated carbocycles. The molecule has 0 aliphatic carbocycles. The number of rotatable bonds is 2. The molecule has 122 valence electrons. The molecule has 3 heterocycles. The first-order valence-corrected chi connectivity index (χ1v) is 7.97. The van der Waals surface area contributed by atoms with Gasteiger partial charge in [-0.1, -0.05) is 6.07 Å². The van der Waals surface area contributed by atoms with Crippen molar-refractivity contribution in [2.24, 2.45) is 0 Å². The second-order valence-electron chi connectivity index (χ2n) is 5.95. The van der Waals surface area contributed by atoms with Gasteiger partial charge in [0.2, 0.25) is 0 Å². The van der Waals surface area contributed by atoms with Gasteiger partial charge >= 0.3 is 0 Å². The molecule has 1 amide bonds. The Morgan fingerprint density at radius 3 is 3.08 bits per heavy atom. The van der Waals surface area contributed by atoms with Crippen LogP contribution in [0.2, 0.25) is 0 Å². The van der Waals surface area contributed by atoms with E-state index in [1.807, 2.05) is 42.2 Å². The lowest BCUT2D eigenvalue weighted by atomic mass is 10.1. The van der Waals surface area contributed by atoms with Crippen molar-refractivity contribution in [3.63, 3.8) is 0 Å². The van der Waals surface area contributed by atoms with E-state index in [0.29, 0.717) is 25.3 Å². The van der Waals surface area contributed by atoms with Gasteiger partial charge in [0.25, 0.3) is 5.91 Å². The van der Waals surface area contributed by atoms with Crippen molar-refractivity contribution in [3.8, 4) is 0 Å². The number of benzene rings is 1. The fourth-order valence-electron chi connectivity index (χ4n) is 3.05. The Labute approximate surface area is 139 Å². The first-order chi connectivity index (χ1) is 11.7. The monoisotopic (exact) mass is 322 g/mol. The van der Waals surface area contributed by atoms with E-state index in [1.54, 1.807) is 12.4 Å². The zero-order valence-electron chi connectivity index (χ0n) is 13.4. The van der Waals surface area contributed by atoms with E-state index >= 15 is 0 Å². The zero-order chi connectivity index (χ0) is 16.5. The summed E-state index contributed by atoms with van der Waals surface area (Å²) in [7, 11) is 0. The van der Waals surface area contributed by atoms with E-state index in [0.717, 1.165) is 22.4 Å². The molecule has 1 saturated heterocycles. The molecule has 0 spiro atoms. The van der Waals surface area contributed by atoms with Crippen molar-refractivity contribution >= 4 is 16.8 Å². The lowest BCUT2D eigenvalue weighted by molar-refractivity contribution is -0.00500. The van der Waals surface area contributed by atoms with Crippen molar-refractivity contribution < 1.29 is 9.53 Å². The minimum atomic E-state index is -0.190. The molecule has 3 aromatic rings. The van der Waals surface area contributed by atoms with Crippen LogP contribution in [0.25, 0.3) is 10.9 Å². The lowest BCUT2D eigenvalue weighted by Gasteiger charge is -2.34. The Hall–Kier alpha value is -2.73. The van der Waals surface area contributed by atoms with Crippen LogP contribution < -0.4 is 0 Å². The number of carbonyl (C=O) groups excluding carboxylic acids is 1.